The Morgan fingerprint density at radius 2 is 2.03 bits per heavy atom. The number of hydrogen-bond acceptors (Lipinski definition) is 6. The number of aryl methyl sites for hydroxylation is 2. The summed E-state index contributed by atoms with van der Waals surface area (Å²) in [5.74, 6) is 0.372. The van der Waals surface area contributed by atoms with E-state index >= 15 is 0 Å². The van der Waals surface area contributed by atoms with E-state index in [1.54, 1.807) is 4.52 Å². The summed E-state index contributed by atoms with van der Waals surface area (Å²) in [6.45, 7) is 5.47. The average molecular weight is 523 g/mol. The monoisotopic (exact) mass is 522 g/mol. The Labute approximate surface area is 206 Å². The molecule has 5 rings (SSSR count). The van der Waals surface area contributed by atoms with Gasteiger partial charge in [0.1, 0.15) is 5.82 Å². The van der Waals surface area contributed by atoms with E-state index < -0.39 is 12.0 Å². The SMILES string of the molecule is Cc1ccc(Br)cc1C(=O)N1CCCCC1c1cc2nc(N3CC(O)C(C#N)C3)c(C)cn2n1. The van der Waals surface area contributed by atoms with E-state index in [1.165, 1.54) is 0 Å². The van der Waals surface area contributed by atoms with Gasteiger partial charge in [-0.3, -0.25) is 4.79 Å². The molecule has 8 nitrogen and oxygen atoms in total. The maximum absolute atomic E-state index is 13.5. The number of likely N-dealkylation sites (tertiary alicyclic amines) is 1. The smallest absolute Gasteiger partial charge is 0.254 e. The molecule has 2 aromatic heterocycles. The summed E-state index contributed by atoms with van der Waals surface area (Å²) in [6.07, 6.45) is 4.13. The van der Waals surface area contributed by atoms with Crippen LogP contribution in [0.3, 0.4) is 0 Å². The van der Waals surface area contributed by atoms with Crippen LogP contribution in [0.2, 0.25) is 0 Å². The van der Waals surface area contributed by atoms with Crippen molar-refractivity contribution in [2.45, 2.75) is 45.3 Å². The number of β-amino-alcohol motifs (C(OH)–C–C–N with tert-alkyl or cyclic N) is 1. The van der Waals surface area contributed by atoms with Gasteiger partial charge in [-0.15, -0.1) is 0 Å². The van der Waals surface area contributed by atoms with Gasteiger partial charge >= 0.3 is 0 Å². The van der Waals surface area contributed by atoms with Crippen LogP contribution in [0.25, 0.3) is 5.65 Å². The van der Waals surface area contributed by atoms with Gasteiger partial charge in [-0.05, 0) is 50.8 Å². The highest BCUT2D eigenvalue weighted by Crippen LogP contribution is 2.33. The lowest BCUT2D eigenvalue weighted by Gasteiger charge is -2.35. The predicted molar refractivity (Wildman–Crippen MR) is 132 cm³/mol. The number of aromatic nitrogens is 3. The Bertz CT molecular complexity index is 1300. The van der Waals surface area contributed by atoms with Gasteiger partial charge in [0, 0.05) is 47.5 Å². The van der Waals surface area contributed by atoms with Crippen molar-refractivity contribution in [1.29, 1.82) is 5.26 Å². The fraction of sp³-hybridized carbons (Fsp3) is 0.440. The minimum atomic E-state index is -0.675. The number of halogens is 1. The van der Waals surface area contributed by atoms with Crippen LogP contribution in [0.4, 0.5) is 5.82 Å². The number of nitriles is 1. The van der Waals surface area contributed by atoms with E-state index in [9.17, 15) is 15.2 Å². The highest BCUT2D eigenvalue weighted by atomic mass is 79.9. The third-order valence-electron chi connectivity index (χ3n) is 6.91. The zero-order valence-corrected chi connectivity index (χ0v) is 20.9. The molecular weight excluding hydrogens is 496 g/mol. The van der Waals surface area contributed by atoms with Crippen molar-refractivity contribution in [2.75, 3.05) is 24.5 Å². The molecular formula is C25H27BrN6O2. The summed E-state index contributed by atoms with van der Waals surface area (Å²) in [6, 6.07) is 9.83. The minimum absolute atomic E-state index is 0.0268. The van der Waals surface area contributed by atoms with E-state index in [4.69, 9.17) is 10.1 Å². The molecule has 3 atom stereocenters. The molecule has 1 amide bonds. The van der Waals surface area contributed by atoms with Crippen molar-refractivity contribution in [2.24, 2.45) is 5.92 Å². The Morgan fingerprint density at radius 1 is 1.21 bits per heavy atom. The third-order valence-corrected chi connectivity index (χ3v) is 7.41. The maximum atomic E-state index is 13.5. The summed E-state index contributed by atoms with van der Waals surface area (Å²) >= 11 is 3.49. The molecule has 2 aliphatic rings. The number of aliphatic hydroxyl groups excluding tert-OH is 1. The van der Waals surface area contributed by atoms with Gasteiger partial charge in [0.2, 0.25) is 0 Å². The maximum Gasteiger partial charge on any atom is 0.254 e. The molecule has 2 saturated heterocycles. The topological polar surface area (TPSA) is 97.8 Å². The van der Waals surface area contributed by atoms with Crippen molar-refractivity contribution in [3.8, 4) is 6.07 Å². The van der Waals surface area contributed by atoms with Crippen LogP contribution < -0.4 is 4.90 Å². The Balaban J connectivity index is 1.47. The van der Waals surface area contributed by atoms with Crippen LogP contribution in [-0.4, -0.2) is 56.2 Å². The molecule has 0 aliphatic carbocycles. The Morgan fingerprint density at radius 3 is 2.79 bits per heavy atom. The number of carbonyl (C=O) groups excluding carboxylic acids is 1. The average Bonchev–Trinajstić information content (AvgIpc) is 3.42. The number of amides is 1. The van der Waals surface area contributed by atoms with Gasteiger partial charge in [0.25, 0.3) is 5.91 Å². The van der Waals surface area contributed by atoms with Gasteiger partial charge in [-0.2, -0.15) is 10.4 Å². The van der Waals surface area contributed by atoms with Gasteiger partial charge in [0.15, 0.2) is 5.65 Å². The van der Waals surface area contributed by atoms with Gasteiger partial charge < -0.3 is 14.9 Å². The largest absolute Gasteiger partial charge is 0.390 e. The highest BCUT2D eigenvalue weighted by Gasteiger charge is 2.34. The molecule has 3 aromatic rings. The van der Waals surface area contributed by atoms with Crippen molar-refractivity contribution < 1.29 is 9.90 Å². The summed E-state index contributed by atoms with van der Waals surface area (Å²) in [4.78, 5) is 22.3. The number of carbonyl (C=O) groups is 1. The van der Waals surface area contributed by atoms with Crippen molar-refractivity contribution in [1.82, 2.24) is 19.5 Å². The molecule has 3 unspecified atom stereocenters. The number of hydrogen-bond donors (Lipinski definition) is 1. The van der Waals surface area contributed by atoms with E-state index in [-0.39, 0.29) is 11.9 Å². The minimum Gasteiger partial charge on any atom is -0.390 e. The van der Waals surface area contributed by atoms with Gasteiger partial charge in [-0.1, -0.05) is 22.0 Å². The molecule has 0 radical (unpaired) electrons. The van der Waals surface area contributed by atoms with Crippen molar-refractivity contribution in [3.05, 3.63) is 57.3 Å². The molecule has 9 heteroatoms. The normalized spacial score (nSPS) is 22.9. The van der Waals surface area contributed by atoms with E-state index in [0.29, 0.717) is 30.8 Å². The number of piperidine rings is 1. The Hall–Kier alpha value is -2.96. The van der Waals surface area contributed by atoms with Crippen LogP contribution in [0.1, 0.15) is 52.5 Å². The molecule has 4 heterocycles. The molecule has 1 aromatic carbocycles. The molecule has 34 heavy (non-hydrogen) atoms. The first-order chi connectivity index (χ1) is 16.4. The van der Waals surface area contributed by atoms with Crippen LogP contribution in [-0.2, 0) is 0 Å². The number of anilines is 1. The second-order valence-electron chi connectivity index (χ2n) is 9.30. The summed E-state index contributed by atoms with van der Waals surface area (Å²) in [5, 5.41) is 24.2. The number of nitrogens with zero attached hydrogens (tertiary/aromatic N) is 6. The quantitative estimate of drug-likeness (QED) is 0.561. The second kappa shape index (κ2) is 9.01. The molecule has 0 bridgehead atoms. The zero-order valence-electron chi connectivity index (χ0n) is 19.3. The fourth-order valence-corrected chi connectivity index (χ4v) is 5.41. The molecule has 176 valence electrons. The van der Waals surface area contributed by atoms with Gasteiger partial charge in [0.05, 0.1) is 29.8 Å². The first kappa shape index (κ1) is 22.8. The first-order valence-corrected chi connectivity index (χ1v) is 12.4. The lowest BCUT2D eigenvalue weighted by Crippen LogP contribution is -2.39. The van der Waals surface area contributed by atoms with Crippen LogP contribution >= 0.6 is 15.9 Å². The highest BCUT2D eigenvalue weighted by molar-refractivity contribution is 9.10. The lowest BCUT2D eigenvalue weighted by atomic mass is 9.97. The van der Waals surface area contributed by atoms with Crippen LogP contribution in [0.5, 0.6) is 0 Å². The molecule has 1 N–H and O–H groups in total. The van der Waals surface area contributed by atoms with Gasteiger partial charge in [-0.25, -0.2) is 9.50 Å². The Kier molecular flexibility index (Phi) is 6.04. The lowest BCUT2D eigenvalue weighted by molar-refractivity contribution is 0.0605. The van der Waals surface area contributed by atoms with E-state index in [0.717, 1.165) is 46.4 Å². The van der Waals surface area contributed by atoms with Crippen LogP contribution in [0, 0.1) is 31.1 Å². The summed E-state index contributed by atoms with van der Waals surface area (Å²) < 4.78 is 2.66. The van der Waals surface area contributed by atoms with Crippen molar-refractivity contribution in [3.63, 3.8) is 0 Å². The standard InChI is InChI=1S/C25H27BrN6O2/c1-15-6-7-18(26)9-19(15)25(34)31-8-4-3-5-21(31)20-10-23-28-24(16(2)12-32(23)29-20)30-13-17(11-27)22(33)14-30/h6-7,9-10,12,17,21-22,33H,3-5,8,13-14H2,1-2H3. The van der Waals surface area contributed by atoms with Crippen LogP contribution in [0.15, 0.2) is 34.9 Å². The number of aliphatic hydroxyl groups is 1. The number of rotatable bonds is 3. The third kappa shape index (κ3) is 4.05. The summed E-state index contributed by atoms with van der Waals surface area (Å²) in [7, 11) is 0. The molecule has 2 fully saturated rings. The van der Waals surface area contributed by atoms with Crippen molar-refractivity contribution >= 4 is 33.3 Å². The second-order valence-corrected chi connectivity index (χ2v) is 10.2. The predicted octanol–water partition coefficient (Wildman–Crippen LogP) is 3.80. The summed E-state index contributed by atoms with van der Waals surface area (Å²) in [5.41, 5.74) is 4.12. The number of benzene rings is 1. The molecule has 0 spiro atoms. The fourth-order valence-electron chi connectivity index (χ4n) is 5.05. The van der Waals surface area contributed by atoms with E-state index in [2.05, 4.69) is 22.0 Å². The number of fused-ring (bicyclic) bond motifs is 1. The molecule has 2 aliphatic heterocycles. The molecule has 0 saturated carbocycles. The first-order valence-electron chi connectivity index (χ1n) is 11.6. The van der Waals surface area contributed by atoms with E-state index in [1.807, 2.05) is 54.1 Å². The zero-order chi connectivity index (χ0) is 24.0.